The predicted molar refractivity (Wildman–Crippen MR) is 59.5 cm³/mol. The van der Waals surface area contributed by atoms with Crippen molar-refractivity contribution in [1.82, 2.24) is 5.32 Å². The summed E-state index contributed by atoms with van der Waals surface area (Å²) in [5, 5.41) is 3.17. The third-order valence-corrected chi connectivity index (χ3v) is 2.34. The molecule has 0 spiro atoms. The second-order valence-corrected chi connectivity index (χ2v) is 3.72. The number of ether oxygens (including phenoxy) is 2. The van der Waals surface area contributed by atoms with Gasteiger partial charge in [0, 0.05) is 13.1 Å². The number of hydrogen-bond donors (Lipinski definition) is 1. The van der Waals surface area contributed by atoms with Crippen LogP contribution in [0.15, 0.2) is 24.3 Å². The highest BCUT2D eigenvalue weighted by molar-refractivity contribution is 5.31. The number of rotatable bonds is 5. The zero-order chi connectivity index (χ0) is 10.5. The summed E-state index contributed by atoms with van der Waals surface area (Å²) < 4.78 is 11.2. The Labute approximate surface area is 90.4 Å². The van der Waals surface area contributed by atoms with Gasteiger partial charge in [0.2, 0.25) is 0 Å². The van der Waals surface area contributed by atoms with Crippen molar-refractivity contribution in [2.75, 3.05) is 19.7 Å². The topological polar surface area (TPSA) is 30.5 Å². The van der Waals surface area contributed by atoms with Crippen LogP contribution in [-0.4, -0.2) is 25.8 Å². The van der Waals surface area contributed by atoms with Gasteiger partial charge in [0.1, 0.15) is 17.6 Å². The van der Waals surface area contributed by atoms with Crippen LogP contribution in [0.3, 0.4) is 0 Å². The molecule has 2 rings (SSSR count). The van der Waals surface area contributed by atoms with Crippen molar-refractivity contribution in [2.24, 2.45) is 0 Å². The zero-order valence-electron chi connectivity index (χ0n) is 9.03. The van der Waals surface area contributed by atoms with Gasteiger partial charge in [-0.15, -0.1) is 0 Å². The highest BCUT2D eigenvalue weighted by Gasteiger charge is 2.17. The molecule has 1 aliphatic rings. The Morgan fingerprint density at radius 2 is 1.87 bits per heavy atom. The van der Waals surface area contributed by atoms with Crippen LogP contribution in [0.1, 0.15) is 13.3 Å². The van der Waals surface area contributed by atoms with Crippen molar-refractivity contribution < 1.29 is 9.47 Å². The van der Waals surface area contributed by atoms with Gasteiger partial charge in [-0.1, -0.05) is 6.92 Å². The Morgan fingerprint density at radius 3 is 2.40 bits per heavy atom. The Balaban J connectivity index is 1.85. The largest absolute Gasteiger partial charge is 0.494 e. The molecule has 0 bridgehead atoms. The van der Waals surface area contributed by atoms with E-state index < -0.39 is 0 Å². The minimum atomic E-state index is 0.340. The third kappa shape index (κ3) is 2.86. The summed E-state index contributed by atoms with van der Waals surface area (Å²) in [6.45, 7) is 4.77. The summed E-state index contributed by atoms with van der Waals surface area (Å²) in [5.41, 5.74) is 0. The summed E-state index contributed by atoms with van der Waals surface area (Å²) in [5.74, 6) is 1.83. The quantitative estimate of drug-likeness (QED) is 0.799. The van der Waals surface area contributed by atoms with Crippen molar-refractivity contribution >= 4 is 0 Å². The molecule has 0 saturated carbocycles. The maximum atomic E-state index is 5.69. The van der Waals surface area contributed by atoms with Crippen LogP contribution in [-0.2, 0) is 0 Å². The number of benzene rings is 1. The highest BCUT2D eigenvalue weighted by atomic mass is 16.5. The van der Waals surface area contributed by atoms with Crippen molar-refractivity contribution in [3.05, 3.63) is 24.3 Å². The van der Waals surface area contributed by atoms with E-state index in [4.69, 9.17) is 9.47 Å². The van der Waals surface area contributed by atoms with Gasteiger partial charge in [0.25, 0.3) is 0 Å². The lowest BCUT2D eigenvalue weighted by molar-refractivity contribution is 0.142. The van der Waals surface area contributed by atoms with E-state index >= 15 is 0 Å². The molecular weight excluding hydrogens is 190 g/mol. The summed E-state index contributed by atoms with van der Waals surface area (Å²) >= 11 is 0. The van der Waals surface area contributed by atoms with Crippen molar-refractivity contribution in [3.63, 3.8) is 0 Å². The summed E-state index contributed by atoms with van der Waals surface area (Å²) in [4.78, 5) is 0. The molecule has 15 heavy (non-hydrogen) atoms. The normalized spacial score (nSPS) is 15.8. The molecule has 1 fully saturated rings. The Hall–Kier alpha value is -1.22. The lowest BCUT2D eigenvalue weighted by Crippen LogP contribution is -2.50. The van der Waals surface area contributed by atoms with Crippen molar-refractivity contribution in [1.29, 1.82) is 0 Å². The van der Waals surface area contributed by atoms with E-state index in [0.29, 0.717) is 6.10 Å². The summed E-state index contributed by atoms with van der Waals surface area (Å²) in [6.07, 6.45) is 1.37. The van der Waals surface area contributed by atoms with Crippen molar-refractivity contribution in [3.8, 4) is 11.5 Å². The standard InChI is InChI=1S/C12H17NO2/c1-2-7-14-10-3-5-11(6-4-10)15-12-8-13-9-12/h3-6,12-13H,2,7-9H2,1H3. The molecule has 0 atom stereocenters. The van der Waals surface area contributed by atoms with Gasteiger partial charge in [-0.05, 0) is 30.7 Å². The molecule has 1 aromatic rings. The lowest BCUT2D eigenvalue weighted by Gasteiger charge is -2.27. The molecule has 82 valence electrons. The van der Waals surface area contributed by atoms with E-state index in [2.05, 4.69) is 12.2 Å². The molecule has 1 N–H and O–H groups in total. The van der Waals surface area contributed by atoms with Gasteiger partial charge in [0.15, 0.2) is 0 Å². The fourth-order valence-electron chi connectivity index (χ4n) is 1.37. The van der Waals surface area contributed by atoms with Gasteiger partial charge < -0.3 is 14.8 Å². The van der Waals surface area contributed by atoms with Crippen LogP contribution in [0.5, 0.6) is 11.5 Å². The first-order valence-corrected chi connectivity index (χ1v) is 5.48. The first-order chi connectivity index (χ1) is 7.38. The molecule has 0 unspecified atom stereocenters. The van der Waals surface area contributed by atoms with Crippen LogP contribution in [0, 0.1) is 0 Å². The molecule has 3 nitrogen and oxygen atoms in total. The fourth-order valence-corrected chi connectivity index (χ4v) is 1.37. The molecule has 3 heteroatoms. The van der Waals surface area contributed by atoms with E-state index in [1.165, 1.54) is 0 Å². The minimum Gasteiger partial charge on any atom is -0.494 e. The summed E-state index contributed by atoms with van der Waals surface area (Å²) in [7, 11) is 0. The molecule has 1 aromatic carbocycles. The van der Waals surface area contributed by atoms with Gasteiger partial charge in [-0.2, -0.15) is 0 Å². The van der Waals surface area contributed by atoms with Crippen molar-refractivity contribution in [2.45, 2.75) is 19.4 Å². The average molecular weight is 207 g/mol. The Kier molecular flexibility index (Phi) is 3.45. The number of hydrogen-bond acceptors (Lipinski definition) is 3. The van der Waals surface area contributed by atoms with Gasteiger partial charge in [0.05, 0.1) is 6.61 Å². The van der Waals surface area contributed by atoms with Crippen LogP contribution >= 0.6 is 0 Å². The zero-order valence-corrected chi connectivity index (χ0v) is 9.03. The summed E-state index contributed by atoms with van der Waals surface area (Å²) in [6, 6.07) is 7.83. The molecule has 0 radical (unpaired) electrons. The van der Waals surface area contributed by atoms with Crippen LogP contribution < -0.4 is 14.8 Å². The van der Waals surface area contributed by atoms with Crippen LogP contribution in [0.2, 0.25) is 0 Å². The third-order valence-electron chi connectivity index (χ3n) is 2.34. The molecule has 1 aliphatic heterocycles. The maximum Gasteiger partial charge on any atom is 0.123 e. The van der Waals surface area contributed by atoms with Gasteiger partial charge in [-0.3, -0.25) is 0 Å². The highest BCUT2D eigenvalue weighted by Crippen LogP contribution is 2.19. The molecule has 0 amide bonds. The minimum absolute atomic E-state index is 0.340. The second-order valence-electron chi connectivity index (χ2n) is 3.72. The molecule has 0 aliphatic carbocycles. The first-order valence-electron chi connectivity index (χ1n) is 5.48. The van der Waals surface area contributed by atoms with E-state index in [-0.39, 0.29) is 0 Å². The second kappa shape index (κ2) is 5.03. The van der Waals surface area contributed by atoms with Crippen LogP contribution in [0.25, 0.3) is 0 Å². The van der Waals surface area contributed by atoms with Gasteiger partial charge in [-0.25, -0.2) is 0 Å². The average Bonchev–Trinajstić information content (AvgIpc) is 2.22. The maximum absolute atomic E-state index is 5.69. The molecule has 0 aromatic heterocycles. The van der Waals surface area contributed by atoms with E-state index in [9.17, 15) is 0 Å². The lowest BCUT2D eigenvalue weighted by atomic mass is 10.2. The van der Waals surface area contributed by atoms with Gasteiger partial charge >= 0.3 is 0 Å². The fraction of sp³-hybridized carbons (Fsp3) is 0.500. The first kappa shape index (κ1) is 10.3. The smallest absolute Gasteiger partial charge is 0.123 e. The van der Waals surface area contributed by atoms with E-state index in [1.54, 1.807) is 0 Å². The Morgan fingerprint density at radius 1 is 1.20 bits per heavy atom. The number of nitrogens with one attached hydrogen (secondary N) is 1. The van der Waals surface area contributed by atoms with E-state index in [0.717, 1.165) is 37.6 Å². The monoisotopic (exact) mass is 207 g/mol. The molecule has 1 saturated heterocycles. The SMILES string of the molecule is CCCOc1ccc(OC2CNC2)cc1. The van der Waals surface area contributed by atoms with Crippen LogP contribution in [0.4, 0.5) is 0 Å². The predicted octanol–water partition coefficient (Wildman–Crippen LogP) is 1.83. The van der Waals surface area contributed by atoms with E-state index in [1.807, 2.05) is 24.3 Å². The molecule has 1 heterocycles. The molecular formula is C12H17NO2. The Bertz CT molecular complexity index is 293.